The second-order valence-corrected chi connectivity index (χ2v) is 3.65. The fraction of sp³-hybridized carbons (Fsp3) is 0.636. The Bertz CT molecular complexity index is 259. The first-order chi connectivity index (χ1) is 7.50. The summed E-state index contributed by atoms with van der Waals surface area (Å²) in [5, 5.41) is 26.0. The van der Waals surface area contributed by atoms with Gasteiger partial charge in [-0.15, -0.1) is 0 Å². The van der Waals surface area contributed by atoms with Crippen molar-refractivity contribution < 1.29 is 24.9 Å². The molecule has 3 N–H and O–H groups in total. The minimum Gasteiger partial charge on any atom is -0.481 e. The van der Waals surface area contributed by atoms with Gasteiger partial charge in [-0.2, -0.15) is 0 Å². The molecule has 0 saturated heterocycles. The van der Waals surface area contributed by atoms with Gasteiger partial charge in [0.2, 0.25) is 0 Å². The molecule has 16 heavy (non-hydrogen) atoms. The number of hydrogen-bond acceptors (Lipinski definition) is 3. The zero-order chi connectivity index (χ0) is 12.6. The van der Waals surface area contributed by atoms with Crippen molar-refractivity contribution in [2.24, 2.45) is 5.92 Å². The molecule has 1 atom stereocenters. The lowest BCUT2D eigenvalue weighted by Crippen LogP contribution is -2.20. The van der Waals surface area contributed by atoms with E-state index in [2.05, 4.69) is 6.58 Å². The van der Waals surface area contributed by atoms with Gasteiger partial charge in [-0.1, -0.05) is 25.8 Å². The van der Waals surface area contributed by atoms with Crippen LogP contribution in [0.2, 0.25) is 0 Å². The first-order valence-electron chi connectivity index (χ1n) is 5.26. The molecular weight excluding hydrogens is 212 g/mol. The van der Waals surface area contributed by atoms with E-state index in [1.54, 1.807) is 0 Å². The minimum absolute atomic E-state index is 0.129. The molecule has 0 aromatic rings. The van der Waals surface area contributed by atoms with Crippen LogP contribution in [-0.4, -0.2) is 33.9 Å². The van der Waals surface area contributed by atoms with Crippen LogP contribution < -0.4 is 0 Å². The smallest absolute Gasteiger partial charge is 0.331 e. The van der Waals surface area contributed by atoms with Crippen molar-refractivity contribution in [2.75, 3.05) is 6.61 Å². The predicted molar refractivity (Wildman–Crippen MR) is 58.1 cm³/mol. The summed E-state index contributed by atoms with van der Waals surface area (Å²) < 4.78 is 0. The van der Waals surface area contributed by atoms with Crippen LogP contribution in [0.15, 0.2) is 12.2 Å². The van der Waals surface area contributed by atoms with Crippen LogP contribution in [0.3, 0.4) is 0 Å². The van der Waals surface area contributed by atoms with Crippen LogP contribution in [0, 0.1) is 5.92 Å². The Morgan fingerprint density at radius 3 is 2.06 bits per heavy atom. The van der Waals surface area contributed by atoms with E-state index in [9.17, 15) is 9.59 Å². The third kappa shape index (κ3) is 5.50. The summed E-state index contributed by atoms with van der Waals surface area (Å²) in [5.74, 6) is -3.41. The zero-order valence-electron chi connectivity index (χ0n) is 9.19. The van der Waals surface area contributed by atoms with Crippen molar-refractivity contribution >= 4 is 11.9 Å². The molecule has 0 unspecified atom stereocenters. The quantitative estimate of drug-likeness (QED) is 0.409. The maximum absolute atomic E-state index is 10.8. The topological polar surface area (TPSA) is 94.8 Å². The molecule has 0 fully saturated rings. The summed E-state index contributed by atoms with van der Waals surface area (Å²) >= 11 is 0. The number of carboxylic acids is 2. The first kappa shape index (κ1) is 14.6. The molecule has 92 valence electrons. The first-order valence-corrected chi connectivity index (χ1v) is 5.26. The van der Waals surface area contributed by atoms with Gasteiger partial charge in [0.1, 0.15) is 0 Å². The lowest BCUT2D eigenvalue weighted by atomic mass is 9.94. The van der Waals surface area contributed by atoms with Gasteiger partial charge in [0.25, 0.3) is 0 Å². The number of carboxylic acid groups (broad SMARTS) is 2. The molecule has 0 rings (SSSR count). The molecule has 0 aromatic heterocycles. The zero-order valence-corrected chi connectivity index (χ0v) is 9.19. The molecular formula is C11H18O5. The highest BCUT2D eigenvalue weighted by Crippen LogP contribution is 2.18. The fourth-order valence-electron chi connectivity index (χ4n) is 1.41. The van der Waals surface area contributed by atoms with Gasteiger partial charge in [0.15, 0.2) is 0 Å². The molecule has 0 amide bonds. The van der Waals surface area contributed by atoms with Crippen LogP contribution in [-0.2, 0) is 9.59 Å². The third-order valence-electron chi connectivity index (χ3n) is 2.39. The van der Waals surface area contributed by atoms with Crippen LogP contribution in [0.4, 0.5) is 0 Å². The van der Waals surface area contributed by atoms with Gasteiger partial charge in [0.05, 0.1) is 5.92 Å². The van der Waals surface area contributed by atoms with Gasteiger partial charge < -0.3 is 15.3 Å². The lowest BCUT2D eigenvalue weighted by molar-refractivity contribution is -0.144. The summed E-state index contributed by atoms with van der Waals surface area (Å²) in [4.78, 5) is 21.4. The van der Waals surface area contributed by atoms with E-state index in [1.165, 1.54) is 0 Å². The summed E-state index contributed by atoms with van der Waals surface area (Å²) in [7, 11) is 0. The van der Waals surface area contributed by atoms with E-state index in [0.717, 1.165) is 12.8 Å². The molecule has 5 heteroatoms. The van der Waals surface area contributed by atoms with Crippen molar-refractivity contribution in [3.63, 3.8) is 0 Å². The summed E-state index contributed by atoms with van der Waals surface area (Å²) in [6, 6.07) is 0. The molecule has 0 spiro atoms. The van der Waals surface area contributed by atoms with Crippen molar-refractivity contribution in [1.29, 1.82) is 0 Å². The number of aliphatic carboxylic acids is 2. The van der Waals surface area contributed by atoms with Crippen molar-refractivity contribution in [3.05, 3.63) is 12.2 Å². The van der Waals surface area contributed by atoms with Gasteiger partial charge >= 0.3 is 11.9 Å². The largest absolute Gasteiger partial charge is 0.481 e. The van der Waals surface area contributed by atoms with Crippen molar-refractivity contribution in [1.82, 2.24) is 0 Å². The molecule has 0 heterocycles. The predicted octanol–water partition coefficient (Wildman–Crippen LogP) is 1.27. The number of aliphatic hydroxyl groups is 1. The van der Waals surface area contributed by atoms with E-state index in [4.69, 9.17) is 15.3 Å². The van der Waals surface area contributed by atoms with Gasteiger partial charge in [-0.25, -0.2) is 4.79 Å². The van der Waals surface area contributed by atoms with Gasteiger partial charge in [0, 0.05) is 12.2 Å². The minimum atomic E-state index is -1.26. The summed E-state index contributed by atoms with van der Waals surface area (Å²) in [5.41, 5.74) is -0.269. The Hall–Kier alpha value is -1.36. The van der Waals surface area contributed by atoms with Crippen molar-refractivity contribution in [3.8, 4) is 0 Å². The molecule has 0 bridgehead atoms. The maximum atomic E-state index is 10.8. The summed E-state index contributed by atoms with van der Waals surface area (Å²) in [6.45, 7) is 3.40. The van der Waals surface area contributed by atoms with E-state index < -0.39 is 17.9 Å². The highest BCUT2D eigenvalue weighted by Gasteiger charge is 2.24. The number of carbonyl (C=O) groups is 2. The number of rotatable bonds is 9. The highest BCUT2D eigenvalue weighted by molar-refractivity contribution is 5.93. The molecule has 0 aliphatic carbocycles. The standard InChI is InChI=1S/C11H18O5/c1-8(10(13)14)9(11(15)16)6-4-2-3-5-7-12/h9,12H,1-7H2,(H,13,14)(H,15,16)/t9-/m0/s1. The lowest BCUT2D eigenvalue weighted by Gasteiger charge is -2.11. The average Bonchev–Trinajstić information content (AvgIpc) is 2.21. The summed E-state index contributed by atoms with van der Waals surface area (Å²) in [6.07, 6.45) is 3.21. The molecule has 0 aromatic carbocycles. The highest BCUT2D eigenvalue weighted by atomic mass is 16.4. The molecule has 0 radical (unpaired) electrons. The van der Waals surface area contributed by atoms with Gasteiger partial charge in [-0.05, 0) is 12.8 Å². The maximum Gasteiger partial charge on any atom is 0.331 e. The molecule has 5 nitrogen and oxygen atoms in total. The Morgan fingerprint density at radius 1 is 1.06 bits per heavy atom. The Balaban J connectivity index is 4.01. The Morgan fingerprint density at radius 2 is 1.62 bits per heavy atom. The second kappa shape index (κ2) is 7.87. The van der Waals surface area contributed by atoms with Crippen LogP contribution in [0.25, 0.3) is 0 Å². The number of aliphatic hydroxyl groups excluding tert-OH is 1. The van der Waals surface area contributed by atoms with Crippen molar-refractivity contribution in [2.45, 2.75) is 32.1 Å². The Kier molecular flexibility index (Phi) is 7.20. The molecule has 0 aliphatic heterocycles. The van der Waals surface area contributed by atoms with E-state index in [-0.39, 0.29) is 18.6 Å². The molecule has 0 aliphatic rings. The second-order valence-electron chi connectivity index (χ2n) is 3.65. The van der Waals surface area contributed by atoms with Crippen LogP contribution in [0.1, 0.15) is 32.1 Å². The SMILES string of the molecule is C=C(C(=O)O)[C@H](CCCCCCO)C(=O)O. The van der Waals surface area contributed by atoms with Gasteiger partial charge in [-0.3, -0.25) is 4.79 Å². The van der Waals surface area contributed by atoms with E-state index >= 15 is 0 Å². The Labute approximate surface area is 94.4 Å². The normalized spacial score (nSPS) is 12.1. The fourth-order valence-corrected chi connectivity index (χ4v) is 1.41. The van der Waals surface area contributed by atoms with Crippen LogP contribution >= 0.6 is 0 Å². The number of hydrogen-bond donors (Lipinski definition) is 3. The average molecular weight is 230 g/mol. The monoisotopic (exact) mass is 230 g/mol. The number of unbranched alkanes of at least 4 members (excludes halogenated alkanes) is 3. The molecule has 0 saturated carbocycles. The third-order valence-corrected chi connectivity index (χ3v) is 2.39. The van der Waals surface area contributed by atoms with E-state index in [1.807, 2.05) is 0 Å². The van der Waals surface area contributed by atoms with E-state index in [0.29, 0.717) is 12.8 Å². The van der Waals surface area contributed by atoms with Crippen LogP contribution in [0.5, 0.6) is 0 Å².